The summed E-state index contributed by atoms with van der Waals surface area (Å²) in [7, 11) is 5.77. The van der Waals surface area contributed by atoms with Gasteiger partial charge < -0.3 is 25.0 Å². The maximum atomic E-state index is 12.5. The minimum absolute atomic E-state index is 0.0191. The van der Waals surface area contributed by atoms with Crippen LogP contribution in [0, 0.1) is 11.3 Å². The molecule has 0 spiro atoms. The molecule has 194 valence electrons. The van der Waals surface area contributed by atoms with Gasteiger partial charge in [0.15, 0.2) is 0 Å². The fourth-order valence-corrected chi connectivity index (χ4v) is 6.46. The molecule has 3 heterocycles. The van der Waals surface area contributed by atoms with Crippen molar-refractivity contribution in [3.63, 3.8) is 0 Å². The van der Waals surface area contributed by atoms with Crippen LogP contribution in [0.3, 0.4) is 0 Å². The molecule has 0 aromatic heterocycles. The first-order valence-electron chi connectivity index (χ1n) is 13.1. The first kappa shape index (κ1) is 25.2. The van der Waals surface area contributed by atoms with Crippen LogP contribution in [0.15, 0.2) is 72.8 Å². The van der Waals surface area contributed by atoms with Crippen LogP contribution >= 0.6 is 0 Å². The SMILES string of the molecule is COc1ccc(N(C)C)cc1CNc1cccc(C(c2ccccc2)C23CCN(CC2)CC3C(=O)O)c1. The third-order valence-corrected chi connectivity index (χ3v) is 8.41. The molecule has 2 atom stereocenters. The van der Waals surface area contributed by atoms with Crippen LogP contribution in [0.1, 0.15) is 35.4 Å². The van der Waals surface area contributed by atoms with E-state index in [1.165, 1.54) is 11.1 Å². The van der Waals surface area contributed by atoms with E-state index < -0.39 is 5.97 Å². The Morgan fingerprint density at radius 3 is 2.46 bits per heavy atom. The number of ether oxygens (including phenoxy) is 1. The van der Waals surface area contributed by atoms with E-state index in [0.29, 0.717) is 13.1 Å². The van der Waals surface area contributed by atoms with Gasteiger partial charge in [0, 0.05) is 50.0 Å². The van der Waals surface area contributed by atoms with Gasteiger partial charge in [-0.2, -0.15) is 0 Å². The van der Waals surface area contributed by atoms with Crippen LogP contribution in [0.2, 0.25) is 0 Å². The Balaban J connectivity index is 1.49. The second-order valence-corrected chi connectivity index (χ2v) is 10.6. The van der Waals surface area contributed by atoms with Gasteiger partial charge in [-0.25, -0.2) is 0 Å². The van der Waals surface area contributed by atoms with E-state index in [-0.39, 0.29) is 17.3 Å². The minimum Gasteiger partial charge on any atom is -0.496 e. The second-order valence-electron chi connectivity index (χ2n) is 10.6. The van der Waals surface area contributed by atoms with Crippen molar-refractivity contribution in [1.82, 2.24) is 4.90 Å². The number of anilines is 2. The fraction of sp³-hybridized carbons (Fsp3) is 0.387. The molecule has 37 heavy (non-hydrogen) atoms. The highest BCUT2D eigenvalue weighted by atomic mass is 16.5. The molecule has 3 aromatic carbocycles. The summed E-state index contributed by atoms with van der Waals surface area (Å²) in [6.45, 7) is 3.20. The van der Waals surface area contributed by atoms with Gasteiger partial charge in [0.05, 0.1) is 13.0 Å². The number of aliphatic carboxylic acids is 1. The number of hydrogen-bond donors (Lipinski definition) is 2. The Labute approximate surface area is 219 Å². The van der Waals surface area contributed by atoms with Crippen molar-refractivity contribution in [3.05, 3.63) is 89.5 Å². The average Bonchev–Trinajstić information content (AvgIpc) is 2.93. The molecule has 0 radical (unpaired) electrons. The van der Waals surface area contributed by atoms with Crippen LogP contribution < -0.4 is 15.0 Å². The monoisotopic (exact) mass is 499 g/mol. The van der Waals surface area contributed by atoms with Crippen LogP contribution in [0.25, 0.3) is 0 Å². The zero-order valence-corrected chi connectivity index (χ0v) is 22.0. The molecule has 2 unspecified atom stereocenters. The number of piperidine rings is 3. The summed E-state index contributed by atoms with van der Waals surface area (Å²) in [6.07, 6.45) is 1.80. The van der Waals surface area contributed by atoms with E-state index in [2.05, 4.69) is 75.8 Å². The van der Waals surface area contributed by atoms with Crippen molar-refractivity contribution in [3.8, 4) is 5.75 Å². The van der Waals surface area contributed by atoms with Crippen LogP contribution in [-0.2, 0) is 11.3 Å². The lowest BCUT2D eigenvalue weighted by Gasteiger charge is -2.56. The molecule has 0 amide bonds. The van der Waals surface area contributed by atoms with Crippen molar-refractivity contribution in [2.75, 3.05) is 51.1 Å². The molecule has 3 aromatic rings. The topological polar surface area (TPSA) is 65.0 Å². The van der Waals surface area contributed by atoms with E-state index >= 15 is 0 Å². The fourth-order valence-electron chi connectivity index (χ4n) is 6.46. The number of methoxy groups -OCH3 is 1. The highest BCUT2D eigenvalue weighted by molar-refractivity contribution is 5.72. The maximum absolute atomic E-state index is 12.5. The van der Waals surface area contributed by atoms with Gasteiger partial charge in [-0.05, 0) is 72.8 Å². The lowest BCUT2D eigenvalue weighted by molar-refractivity contribution is -0.157. The molecule has 3 saturated heterocycles. The van der Waals surface area contributed by atoms with Crippen LogP contribution in [0.4, 0.5) is 11.4 Å². The van der Waals surface area contributed by atoms with E-state index in [0.717, 1.165) is 48.6 Å². The van der Waals surface area contributed by atoms with Gasteiger partial charge in [0.2, 0.25) is 0 Å². The van der Waals surface area contributed by atoms with Crippen molar-refractivity contribution in [2.45, 2.75) is 25.3 Å². The van der Waals surface area contributed by atoms with Crippen molar-refractivity contribution in [2.24, 2.45) is 11.3 Å². The average molecular weight is 500 g/mol. The third-order valence-electron chi connectivity index (χ3n) is 8.41. The van der Waals surface area contributed by atoms with Gasteiger partial charge in [0.25, 0.3) is 0 Å². The number of rotatable bonds is 9. The Bertz CT molecular complexity index is 1240. The van der Waals surface area contributed by atoms with E-state index in [1.54, 1.807) is 7.11 Å². The Kier molecular flexibility index (Phi) is 7.11. The molecule has 2 N–H and O–H groups in total. The van der Waals surface area contributed by atoms with Gasteiger partial charge >= 0.3 is 5.97 Å². The number of carboxylic acids is 1. The molecule has 0 saturated carbocycles. The number of nitrogens with zero attached hydrogens (tertiary/aromatic N) is 2. The largest absolute Gasteiger partial charge is 0.496 e. The van der Waals surface area contributed by atoms with E-state index in [1.807, 2.05) is 26.2 Å². The Hall–Kier alpha value is -3.51. The molecule has 2 bridgehead atoms. The smallest absolute Gasteiger partial charge is 0.308 e. The predicted octanol–water partition coefficient (Wildman–Crippen LogP) is 5.30. The molecular formula is C31H37N3O3. The van der Waals surface area contributed by atoms with Gasteiger partial charge in [-0.1, -0.05) is 42.5 Å². The highest BCUT2D eigenvalue weighted by Crippen LogP contribution is 2.56. The Morgan fingerprint density at radius 1 is 1.05 bits per heavy atom. The summed E-state index contributed by atoms with van der Waals surface area (Å²) in [5.74, 6) is -0.179. The molecule has 3 aliphatic heterocycles. The Morgan fingerprint density at radius 2 is 1.78 bits per heavy atom. The molecule has 3 fully saturated rings. The summed E-state index contributed by atoms with van der Waals surface area (Å²) in [5.41, 5.74) is 5.30. The summed E-state index contributed by atoms with van der Waals surface area (Å²) in [5, 5.41) is 13.9. The lowest BCUT2D eigenvalue weighted by atomic mass is 9.55. The predicted molar refractivity (Wildman–Crippen MR) is 149 cm³/mol. The first-order chi connectivity index (χ1) is 17.9. The summed E-state index contributed by atoms with van der Waals surface area (Å²) in [6, 6.07) is 25.3. The van der Waals surface area contributed by atoms with Crippen molar-refractivity contribution < 1.29 is 14.6 Å². The van der Waals surface area contributed by atoms with Gasteiger partial charge in [0.1, 0.15) is 5.75 Å². The van der Waals surface area contributed by atoms with E-state index in [9.17, 15) is 9.90 Å². The summed E-state index contributed by atoms with van der Waals surface area (Å²) >= 11 is 0. The quantitative estimate of drug-likeness (QED) is 0.417. The van der Waals surface area contributed by atoms with Crippen LogP contribution in [0.5, 0.6) is 5.75 Å². The highest BCUT2D eigenvalue weighted by Gasteiger charge is 2.55. The number of hydrogen-bond acceptors (Lipinski definition) is 5. The first-order valence-corrected chi connectivity index (χ1v) is 13.1. The number of fused-ring (bicyclic) bond motifs is 3. The zero-order valence-electron chi connectivity index (χ0n) is 22.0. The van der Waals surface area contributed by atoms with Gasteiger partial charge in [-0.3, -0.25) is 4.79 Å². The van der Waals surface area contributed by atoms with Gasteiger partial charge in [-0.15, -0.1) is 0 Å². The number of carbonyl (C=O) groups is 1. The number of carboxylic acid groups (broad SMARTS) is 1. The summed E-state index contributed by atoms with van der Waals surface area (Å²) in [4.78, 5) is 16.9. The standard InChI is InChI=1S/C31H37N3O3/c1-33(2)26-12-13-28(37-3)24(19-26)20-32-25-11-7-10-23(18-25)29(22-8-5-4-6-9-22)31-14-16-34(17-15-31)21-27(31)30(35)36/h4-13,18-19,27,29,32H,14-17,20-21H2,1-3H3,(H,35,36). The zero-order chi connectivity index (χ0) is 26.0. The maximum Gasteiger partial charge on any atom is 0.308 e. The normalized spacial score (nSPS) is 23.3. The summed E-state index contributed by atoms with van der Waals surface area (Å²) < 4.78 is 5.62. The molecule has 6 heteroatoms. The molecule has 6 rings (SSSR count). The van der Waals surface area contributed by atoms with Crippen molar-refractivity contribution >= 4 is 17.3 Å². The molecular weight excluding hydrogens is 462 g/mol. The number of benzene rings is 3. The molecule has 0 aliphatic carbocycles. The van der Waals surface area contributed by atoms with Crippen molar-refractivity contribution in [1.29, 1.82) is 0 Å². The lowest BCUT2D eigenvalue weighted by Crippen LogP contribution is -2.59. The minimum atomic E-state index is -0.674. The third kappa shape index (κ3) is 4.90. The second kappa shape index (κ2) is 10.5. The molecule has 6 nitrogen and oxygen atoms in total. The number of nitrogens with one attached hydrogen (secondary N) is 1. The molecule has 3 aliphatic rings. The van der Waals surface area contributed by atoms with Crippen LogP contribution in [-0.4, -0.2) is 56.8 Å². The van der Waals surface area contributed by atoms with E-state index in [4.69, 9.17) is 4.74 Å².